The predicted molar refractivity (Wildman–Crippen MR) is 85.1 cm³/mol. The fraction of sp³-hybridized carbons (Fsp3) is 0.500. The zero-order chi connectivity index (χ0) is 16.2. The summed E-state index contributed by atoms with van der Waals surface area (Å²) in [5.41, 5.74) is 6.78. The maximum atomic E-state index is 12.0. The molecule has 5 nitrogen and oxygen atoms in total. The minimum absolute atomic E-state index is 0.0849. The van der Waals surface area contributed by atoms with Gasteiger partial charge < -0.3 is 16.4 Å². The molecule has 0 fully saturated rings. The number of nitrogens with two attached hydrogens (primary N) is 1. The Labute approximate surface area is 126 Å². The molecule has 1 rings (SSSR count). The van der Waals surface area contributed by atoms with E-state index >= 15 is 0 Å². The first-order valence-corrected chi connectivity index (χ1v) is 7.08. The molecule has 5 heteroatoms. The van der Waals surface area contributed by atoms with Crippen LogP contribution in [0, 0.1) is 5.41 Å². The zero-order valence-corrected chi connectivity index (χ0v) is 13.4. The van der Waals surface area contributed by atoms with Gasteiger partial charge in [-0.15, -0.1) is 0 Å². The third kappa shape index (κ3) is 5.19. The highest BCUT2D eigenvalue weighted by Gasteiger charge is 2.27. The maximum absolute atomic E-state index is 12.0. The van der Waals surface area contributed by atoms with Gasteiger partial charge in [0, 0.05) is 17.3 Å². The topological polar surface area (TPSA) is 84.2 Å². The van der Waals surface area contributed by atoms with Gasteiger partial charge in [-0.05, 0) is 43.5 Å². The molecule has 4 N–H and O–H groups in total. The summed E-state index contributed by atoms with van der Waals surface area (Å²) in [5.74, 6) is -0.365. The van der Waals surface area contributed by atoms with E-state index in [1.807, 2.05) is 34.6 Å². The molecule has 0 aromatic heterocycles. The number of carbonyl (C=O) groups is 2. The zero-order valence-electron chi connectivity index (χ0n) is 13.4. The van der Waals surface area contributed by atoms with Gasteiger partial charge in [0.05, 0.1) is 6.04 Å². The summed E-state index contributed by atoms with van der Waals surface area (Å²) >= 11 is 0. The second-order valence-electron chi connectivity index (χ2n) is 6.54. The van der Waals surface area contributed by atoms with Crippen molar-refractivity contribution in [3.05, 3.63) is 29.8 Å². The van der Waals surface area contributed by atoms with Crippen LogP contribution in [0.25, 0.3) is 0 Å². The lowest BCUT2D eigenvalue weighted by molar-refractivity contribution is -0.119. The summed E-state index contributed by atoms with van der Waals surface area (Å²) in [7, 11) is 0. The number of amides is 2. The van der Waals surface area contributed by atoms with Crippen LogP contribution in [0.4, 0.5) is 5.69 Å². The first kappa shape index (κ1) is 17.2. The second kappa shape index (κ2) is 6.72. The quantitative estimate of drug-likeness (QED) is 0.794. The van der Waals surface area contributed by atoms with E-state index in [1.165, 1.54) is 0 Å². The third-order valence-electron chi connectivity index (χ3n) is 3.05. The Hall–Kier alpha value is -1.88. The molecule has 0 spiro atoms. The number of nitrogens with one attached hydrogen (secondary N) is 2. The number of carbonyl (C=O) groups excluding carboxylic acids is 2. The van der Waals surface area contributed by atoms with Crippen LogP contribution in [0.1, 0.15) is 45.0 Å². The largest absolute Gasteiger partial charge is 0.350 e. The standard InChI is InChI=1S/C16H25N3O2/c1-10(2)18-14(20)11-6-8-12(9-7-11)19-15(21)13(17)16(3,4)5/h6-10,13H,17H2,1-5H3,(H,18,20)(H,19,21). The Morgan fingerprint density at radius 1 is 1.10 bits per heavy atom. The number of benzene rings is 1. The molecule has 1 atom stereocenters. The summed E-state index contributed by atoms with van der Waals surface area (Å²) < 4.78 is 0. The van der Waals surface area contributed by atoms with Gasteiger partial charge in [0.2, 0.25) is 5.91 Å². The van der Waals surface area contributed by atoms with Crippen LogP contribution in [-0.4, -0.2) is 23.9 Å². The minimum atomic E-state index is -0.596. The number of hydrogen-bond acceptors (Lipinski definition) is 3. The van der Waals surface area contributed by atoms with Crippen LogP contribution in [0.5, 0.6) is 0 Å². The predicted octanol–water partition coefficient (Wildman–Crippen LogP) is 2.14. The molecule has 1 aromatic carbocycles. The highest BCUT2D eigenvalue weighted by Crippen LogP contribution is 2.19. The van der Waals surface area contributed by atoms with Crippen LogP contribution < -0.4 is 16.4 Å². The van der Waals surface area contributed by atoms with Gasteiger partial charge in [-0.3, -0.25) is 9.59 Å². The summed E-state index contributed by atoms with van der Waals surface area (Å²) in [4.78, 5) is 23.8. The fourth-order valence-corrected chi connectivity index (χ4v) is 1.66. The molecule has 1 unspecified atom stereocenters. The maximum Gasteiger partial charge on any atom is 0.251 e. The smallest absolute Gasteiger partial charge is 0.251 e. The highest BCUT2D eigenvalue weighted by molar-refractivity contribution is 5.97. The Kier molecular flexibility index (Phi) is 5.49. The monoisotopic (exact) mass is 291 g/mol. The third-order valence-corrected chi connectivity index (χ3v) is 3.05. The van der Waals surface area contributed by atoms with Gasteiger partial charge in [-0.25, -0.2) is 0 Å². The van der Waals surface area contributed by atoms with Crippen LogP contribution in [0.2, 0.25) is 0 Å². The summed E-state index contributed by atoms with van der Waals surface area (Å²) in [6.07, 6.45) is 0. The first-order chi connectivity index (χ1) is 9.61. The average Bonchev–Trinajstić information content (AvgIpc) is 2.36. The van der Waals surface area contributed by atoms with E-state index in [2.05, 4.69) is 10.6 Å². The lowest BCUT2D eigenvalue weighted by Gasteiger charge is -2.25. The molecule has 0 saturated carbocycles. The van der Waals surface area contributed by atoms with E-state index in [9.17, 15) is 9.59 Å². The average molecular weight is 291 g/mol. The summed E-state index contributed by atoms with van der Waals surface area (Å²) in [6, 6.07) is 6.24. The van der Waals surface area contributed by atoms with E-state index < -0.39 is 6.04 Å². The number of anilines is 1. The molecule has 116 valence electrons. The molecule has 0 heterocycles. The Morgan fingerprint density at radius 2 is 1.62 bits per heavy atom. The minimum Gasteiger partial charge on any atom is -0.350 e. The fourth-order valence-electron chi connectivity index (χ4n) is 1.66. The lowest BCUT2D eigenvalue weighted by atomic mass is 9.87. The van der Waals surface area contributed by atoms with E-state index in [1.54, 1.807) is 24.3 Å². The van der Waals surface area contributed by atoms with Crippen LogP contribution in [-0.2, 0) is 4.79 Å². The Morgan fingerprint density at radius 3 is 2.05 bits per heavy atom. The molecule has 0 aliphatic heterocycles. The van der Waals surface area contributed by atoms with E-state index in [0.29, 0.717) is 11.3 Å². The molecule has 0 bridgehead atoms. The van der Waals surface area contributed by atoms with Crippen molar-refractivity contribution >= 4 is 17.5 Å². The SMILES string of the molecule is CC(C)NC(=O)c1ccc(NC(=O)C(N)C(C)(C)C)cc1. The van der Waals surface area contributed by atoms with Gasteiger partial charge in [0.15, 0.2) is 0 Å². The van der Waals surface area contributed by atoms with Crippen molar-refractivity contribution in [2.24, 2.45) is 11.1 Å². The van der Waals surface area contributed by atoms with E-state index in [-0.39, 0.29) is 23.3 Å². The van der Waals surface area contributed by atoms with Gasteiger partial charge in [-0.1, -0.05) is 20.8 Å². The van der Waals surface area contributed by atoms with Gasteiger partial charge >= 0.3 is 0 Å². The highest BCUT2D eigenvalue weighted by atomic mass is 16.2. The van der Waals surface area contributed by atoms with Gasteiger partial charge in [0.25, 0.3) is 5.91 Å². The first-order valence-electron chi connectivity index (χ1n) is 7.08. The lowest BCUT2D eigenvalue weighted by Crippen LogP contribution is -2.45. The molecule has 2 amide bonds. The summed E-state index contributed by atoms with van der Waals surface area (Å²) in [5, 5.41) is 5.57. The van der Waals surface area contributed by atoms with Crippen LogP contribution in [0.3, 0.4) is 0 Å². The van der Waals surface area contributed by atoms with Crippen LogP contribution in [0.15, 0.2) is 24.3 Å². The Balaban J connectivity index is 2.71. The van der Waals surface area contributed by atoms with Crippen molar-refractivity contribution in [1.82, 2.24) is 5.32 Å². The molecule has 0 saturated heterocycles. The molecule has 0 aliphatic carbocycles. The summed E-state index contributed by atoms with van der Waals surface area (Å²) in [6.45, 7) is 9.55. The van der Waals surface area contributed by atoms with Crippen molar-refractivity contribution in [3.8, 4) is 0 Å². The van der Waals surface area contributed by atoms with Crippen LogP contribution >= 0.6 is 0 Å². The second-order valence-corrected chi connectivity index (χ2v) is 6.54. The molecule has 0 aliphatic rings. The van der Waals surface area contributed by atoms with Crippen molar-refractivity contribution in [1.29, 1.82) is 0 Å². The van der Waals surface area contributed by atoms with E-state index in [0.717, 1.165) is 0 Å². The van der Waals surface area contributed by atoms with Gasteiger partial charge in [-0.2, -0.15) is 0 Å². The van der Waals surface area contributed by atoms with Gasteiger partial charge in [0.1, 0.15) is 0 Å². The van der Waals surface area contributed by atoms with E-state index in [4.69, 9.17) is 5.73 Å². The normalized spacial score (nSPS) is 12.9. The number of rotatable bonds is 4. The van der Waals surface area contributed by atoms with Crippen molar-refractivity contribution in [3.63, 3.8) is 0 Å². The van der Waals surface area contributed by atoms with Crippen molar-refractivity contribution in [2.75, 3.05) is 5.32 Å². The molecule has 0 radical (unpaired) electrons. The van der Waals surface area contributed by atoms with Crippen molar-refractivity contribution < 1.29 is 9.59 Å². The molecule has 21 heavy (non-hydrogen) atoms. The number of hydrogen-bond donors (Lipinski definition) is 3. The van der Waals surface area contributed by atoms with Crippen molar-refractivity contribution in [2.45, 2.75) is 46.7 Å². The molecular weight excluding hydrogens is 266 g/mol. The Bertz CT molecular complexity index is 501. The molecule has 1 aromatic rings. The molecular formula is C16H25N3O2.